The fraction of sp³-hybridized carbons (Fsp3) is 0.962. The zero-order valence-electron chi connectivity index (χ0n) is 41.3. The van der Waals surface area contributed by atoms with E-state index in [2.05, 4.69) is 18.4 Å². The van der Waals surface area contributed by atoms with Crippen molar-refractivity contribution >= 4 is 19.8 Å². The lowest BCUT2D eigenvalue weighted by molar-refractivity contribution is -0.161. The highest BCUT2D eigenvalue weighted by molar-refractivity contribution is 7.46. The quantitative estimate of drug-likeness (QED) is 0.0352. The van der Waals surface area contributed by atoms with Gasteiger partial charge in [0.1, 0.15) is 6.61 Å². The van der Waals surface area contributed by atoms with Gasteiger partial charge in [0, 0.05) is 12.8 Å². The summed E-state index contributed by atoms with van der Waals surface area (Å²) in [6.45, 7) is 3.76. The molecule has 8 nitrogen and oxygen atoms in total. The van der Waals surface area contributed by atoms with Crippen molar-refractivity contribution in [1.82, 2.24) is 0 Å². The van der Waals surface area contributed by atoms with E-state index in [0.29, 0.717) is 6.42 Å². The number of rotatable bonds is 52. The molecular weight excluding hydrogens is 796 g/mol. The summed E-state index contributed by atoms with van der Waals surface area (Å²) >= 11 is 0. The Labute approximate surface area is 385 Å². The monoisotopic (exact) mass is 901 g/mol. The van der Waals surface area contributed by atoms with Gasteiger partial charge in [0.15, 0.2) is 6.10 Å². The number of phosphoric ester groups is 1. The molecule has 0 rings (SSSR count). The second-order valence-electron chi connectivity index (χ2n) is 18.9. The maximum absolute atomic E-state index is 12.5. The number of esters is 2. The third kappa shape index (κ3) is 51.7. The van der Waals surface area contributed by atoms with Crippen molar-refractivity contribution in [2.75, 3.05) is 13.2 Å². The molecule has 0 aliphatic rings. The molecule has 1 unspecified atom stereocenters. The number of phosphoric acid groups is 1. The first-order valence-electron chi connectivity index (χ1n) is 27.3. The van der Waals surface area contributed by atoms with E-state index in [1.54, 1.807) is 0 Å². The lowest BCUT2D eigenvalue weighted by Gasteiger charge is -2.18. The van der Waals surface area contributed by atoms with Gasteiger partial charge in [-0.2, -0.15) is 0 Å². The summed E-state index contributed by atoms with van der Waals surface area (Å²) in [6, 6.07) is 0. The van der Waals surface area contributed by atoms with Crippen LogP contribution in [0.25, 0.3) is 0 Å². The molecule has 0 fully saturated rings. The van der Waals surface area contributed by atoms with Crippen molar-refractivity contribution in [1.29, 1.82) is 0 Å². The third-order valence-electron chi connectivity index (χ3n) is 12.6. The van der Waals surface area contributed by atoms with Gasteiger partial charge in [0.05, 0.1) is 6.61 Å². The molecule has 62 heavy (non-hydrogen) atoms. The van der Waals surface area contributed by atoms with Gasteiger partial charge in [-0.05, 0) is 12.8 Å². The molecule has 9 heteroatoms. The number of unbranched alkanes of at least 4 members (excludes halogenated alkanes) is 42. The minimum absolute atomic E-state index is 0.221. The van der Waals surface area contributed by atoms with Crippen LogP contribution in [0.3, 0.4) is 0 Å². The summed E-state index contributed by atoms with van der Waals surface area (Å²) in [7, 11) is -4.75. The van der Waals surface area contributed by atoms with Gasteiger partial charge in [0.2, 0.25) is 0 Å². The molecule has 2 N–H and O–H groups in total. The topological polar surface area (TPSA) is 119 Å². The van der Waals surface area contributed by atoms with E-state index < -0.39 is 32.5 Å². The molecule has 0 aromatic heterocycles. The van der Waals surface area contributed by atoms with Crippen molar-refractivity contribution in [3.63, 3.8) is 0 Å². The lowest BCUT2D eigenvalue weighted by Crippen LogP contribution is -2.29. The van der Waals surface area contributed by atoms with Crippen LogP contribution in [0, 0.1) is 0 Å². The molecule has 0 spiro atoms. The highest BCUT2D eigenvalue weighted by Gasteiger charge is 2.23. The van der Waals surface area contributed by atoms with Crippen LogP contribution < -0.4 is 0 Å². The largest absolute Gasteiger partial charge is 0.469 e. The van der Waals surface area contributed by atoms with Crippen molar-refractivity contribution in [3.05, 3.63) is 0 Å². The zero-order chi connectivity index (χ0) is 45.3. The van der Waals surface area contributed by atoms with E-state index in [1.807, 2.05) is 0 Å². The van der Waals surface area contributed by atoms with Crippen LogP contribution in [0.4, 0.5) is 0 Å². The minimum Gasteiger partial charge on any atom is -0.462 e. The second kappa shape index (κ2) is 49.5. The van der Waals surface area contributed by atoms with Gasteiger partial charge < -0.3 is 19.3 Å². The standard InChI is InChI=1S/C53H105O8P/c1-3-5-7-9-11-13-15-17-19-21-23-25-26-28-30-32-34-36-38-40-42-44-46-48-53(55)61-51(50-60-62(56,57)58)49-59-52(54)47-45-43-41-39-37-35-33-31-29-27-24-22-20-18-16-14-12-10-8-6-4-2/h51H,3-50H2,1-2H3,(H2,56,57,58). The zero-order valence-corrected chi connectivity index (χ0v) is 42.2. The predicted molar refractivity (Wildman–Crippen MR) is 263 cm³/mol. The average Bonchev–Trinajstić information content (AvgIpc) is 3.25. The summed E-state index contributed by atoms with van der Waals surface area (Å²) in [5.41, 5.74) is 0. The SMILES string of the molecule is CCCCCCCCCCCCCCCCCCCCCCCCCC(=O)OC(COC(=O)CCCCCCCCCCCCCCCCCCCCCCC)COP(=O)(O)O. The minimum atomic E-state index is -4.75. The van der Waals surface area contributed by atoms with Crippen molar-refractivity contribution in [3.8, 4) is 0 Å². The lowest BCUT2D eigenvalue weighted by atomic mass is 10.0. The van der Waals surface area contributed by atoms with Crippen LogP contribution >= 0.6 is 7.82 Å². The number of hydrogen-bond donors (Lipinski definition) is 2. The Bertz CT molecular complexity index is 971. The number of hydrogen-bond acceptors (Lipinski definition) is 6. The first-order valence-corrected chi connectivity index (χ1v) is 28.9. The summed E-state index contributed by atoms with van der Waals surface area (Å²) in [5, 5.41) is 0. The van der Waals surface area contributed by atoms with E-state index >= 15 is 0 Å². The molecule has 0 amide bonds. The molecule has 1 atom stereocenters. The van der Waals surface area contributed by atoms with Gasteiger partial charge in [0.25, 0.3) is 0 Å². The van der Waals surface area contributed by atoms with E-state index in [-0.39, 0.29) is 19.4 Å². The first kappa shape index (κ1) is 61.0. The van der Waals surface area contributed by atoms with E-state index in [4.69, 9.17) is 19.3 Å². The van der Waals surface area contributed by atoms with Crippen LogP contribution in [-0.2, 0) is 28.2 Å². The van der Waals surface area contributed by atoms with Crippen LogP contribution in [0.5, 0.6) is 0 Å². The molecule has 0 radical (unpaired) electrons. The fourth-order valence-corrected chi connectivity index (χ4v) is 8.92. The Morgan fingerprint density at radius 2 is 0.581 bits per heavy atom. The maximum atomic E-state index is 12.5. The molecular formula is C53H105O8P. The Balaban J connectivity index is 3.72. The van der Waals surface area contributed by atoms with E-state index in [1.165, 1.54) is 244 Å². The number of carbonyl (C=O) groups is 2. The molecule has 0 aromatic carbocycles. The molecule has 0 saturated heterocycles. The summed E-state index contributed by atoms with van der Waals surface area (Å²) in [4.78, 5) is 43.2. The van der Waals surface area contributed by atoms with Crippen LogP contribution in [0.15, 0.2) is 0 Å². The molecule has 0 aromatic rings. The Morgan fingerprint density at radius 3 is 0.823 bits per heavy atom. The second-order valence-corrected chi connectivity index (χ2v) is 20.2. The third-order valence-corrected chi connectivity index (χ3v) is 13.1. The molecule has 0 bridgehead atoms. The van der Waals surface area contributed by atoms with Gasteiger partial charge in [-0.3, -0.25) is 14.1 Å². The van der Waals surface area contributed by atoms with E-state index in [9.17, 15) is 14.2 Å². The highest BCUT2D eigenvalue weighted by atomic mass is 31.2. The smallest absolute Gasteiger partial charge is 0.462 e. The van der Waals surface area contributed by atoms with Gasteiger partial charge in [-0.1, -0.05) is 284 Å². The molecule has 370 valence electrons. The maximum Gasteiger partial charge on any atom is 0.469 e. The molecule has 0 aliphatic carbocycles. The summed E-state index contributed by atoms with van der Waals surface area (Å²) in [6.07, 6.45) is 57.1. The van der Waals surface area contributed by atoms with Crippen molar-refractivity contribution < 1.29 is 37.9 Å². The van der Waals surface area contributed by atoms with Crippen LogP contribution in [0.1, 0.15) is 309 Å². The van der Waals surface area contributed by atoms with Crippen LogP contribution in [-0.4, -0.2) is 41.0 Å². The molecule has 0 aliphatic heterocycles. The fourth-order valence-electron chi connectivity index (χ4n) is 8.56. The molecule has 0 saturated carbocycles. The first-order chi connectivity index (χ1) is 30.3. The number of ether oxygens (including phenoxy) is 2. The number of carbonyl (C=O) groups excluding carboxylic acids is 2. The van der Waals surface area contributed by atoms with Crippen molar-refractivity contribution in [2.45, 2.75) is 315 Å². The summed E-state index contributed by atoms with van der Waals surface area (Å²) in [5.74, 6) is -0.858. The van der Waals surface area contributed by atoms with E-state index in [0.717, 1.165) is 32.1 Å². The Morgan fingerprint density at radius 1 is 0.355 bits per heavy atom. The van der Waals surface area contributed by atoms with Crippen molar-refractivity contribution in [2.24, 2.45) is 0 Å². The Kier molecular flexibility index (Phi) is 48.7. The molecule has 0 heterocycles. The van der Waals surface area contributed by atoms with Gasteiger partial charge >= 0.3 is 19.8 Å². The summed E-state index contributed by atoms with van der Waals surface area (Å²) < 4.78 is 26.6. The highest BCUT2D eigenvalue weighted by Crippen LogP contribution is 2.36. The van der Waals surface area contributed by atoms with Gasteiger partial charge in [-0.15, -0.1) is 0 Å². The average molecular weight is 901 g/mol. The predicted octanol–water partition coefficient (Wildman–Crippen LogP) is 17.5. The normalized spacial score (nSPS) is 12.3. The Hall–Kier alpha value is -0.950. The van der Waals surface area contributed by atoms with Crippen LogP contribution in [0.2, 0.25) is 0 Å². The van der Waals surface area contributed by atoms with Gasteiger partial charge in [-0.25, -0.2) is 4.57 Å².